The smallest absolute Gasteiger partial charge is 0.264 e. The van der Waals surface area contributed by atoms with Crippen molar-refractivity contribution in [2.75, 3.05) is 25.1 Å². The molecule has 1 fully saturated rings. The Labute approximate surface area is 129 Å². The van der Waals surface area contributed by atoms with Gasteiger partial charge >= 0.3 is 0 Å². The minimum absolute atomic E-state index is 0.0557. The van der Waals surface area contributed by atoms with Crippen molar-refractivity contribution in [1.29, 1.82) is 0 Å². The maximum atomic E-state index is 12.6. The first-order valence-corrected chi connectivity index (χ1v) is 9.60. The molecule has 118 valence electrons. The van der Waals surface area contributed by atoms with Gasteiger partial charge in [-0.25, -0.2) is 13.1 Å². The van der Waals surface area contributed by atoms with Crippen molar-refractivity contribution in [3.8, 4) is 0 Å². The van der Waals surface area contributed by atoms with Crippen LogP contribution in [-0.4, -0.2) is 44.6 Å². The second-order valence-corrected chi connectivity index (χ2v) is 8.48. The standard InChI is InChI=1S/C13H21N3O3S2/c1-9-11(14)7-12(20-9)13(17)16-6-4-3-5-10(16)8-15-21(2,18)19/h7,10,15H,3-6,8,14H2,1-2H3. The number of hydrogen-bond donors (Lipinski definition) is 2. The van der Waals surface area contributed by atoms with Gasteiger partial charge in [0.05, 0.1) is 11.1 Å². The molecule has 1 saturated heterocycles. The number of carbonyl (C=O) groups is 1. The number of thiophene rings is 1. The topological polar surface area (TPSA) is 92.5 Å². The Bertz CT molecular complexity index is 605. The first-order valence-electron chi connectivity index (χ1n) is 6.89. The number of rotatable bonds is 4. The van der Waals surface area contributed by atoms with Gasteiger partial charge < -0.3 is 10.6 Å². The lowest BCUT2D eigenvalue weighted by Gasteiger charge is -2.35. The highest BCUT2D eigenvalue weighted by Crippen LogP contribution is 2.27. The Morgan fingerprint density at radius 2 is 2.24 bits per heavy atom. The van der Waals surface area contributed by atoms with E-state index in [1.54, 1.807) is 11.0 Å². The van der Waals surface area contributed by atoms with E-state index in [0.717, 1.165) is 30.4 Å². The van der Waals surface area contributed by atoms with E-state index in [4.69, 9.17) is 5.73 Å². The van der Waals surface area contributed by atoms with Crippen LogP contribution in [-0.2, 0) is 10.0 Å². The normalized spacial score (nSPS) is 19.7. The molecule has 21 heavy (non-hydrogen) atoms. The van der Waals surface area contributed by atoms with E-state index in [1.165, 1.54) is 11.3 Å². The Hall–Kier alpha value is -1.12. The van der Waals surface area contributed by atoms with Crippen LogP contribution in [0.3, 0.4) is 0 Å². The number of piperidine rings is 1. The second-order valence-electron chi connectivity index (χ2n) is 5.39. The number of sulfonamides is 1. The highest BCUT2D eigenvalue weighted by molar-refractivity contribution is 7.88. The number of anilines is 1. The molecular weight excluding hydrogens is 310 g/mol. The lowest BCUT2D eigenvalue weighted by molar-refractivity contribution is 0.0624. The average molecular weight is 331 g/mol. The maximum absolute atomic E-state index is 12.6. The van der Waals surface area contributed by atoms with Gasteiger partial charge in [0.2, 0.25) is 10.0 Å². The fourth-order valence-electron chi connectivity index (χ4n) is 2.47. The second kappa shape index (κ2) is 6.33. The SMILES string of the molecule is Cc1sc(C(=O)N2CCCCC2CNS(C)(=O)=O)cc1N. The predicted molar refractivity (Wildman–Crippen MR) is 85.0 cm³/mol. The fourth-order valence-corrected chi connectivity index (χ4v) is 3.86. The van der Waals surface area contributed by atoms with Crippen LogP contribution in [0.4, 0.5) is 5.69 Å². The third-order valence-corrected chi connectivity index (χ3v) is 5.38. The summed E-state index contributed by atoms with van der Waals surface area (Å²) in [5, 5.41) is 0. The van der Waals surface area contributed by atoms with Gasteiger partial charge in [0, 0.05) is 29.7 Å². The summed E-state index contributed by atoms with van der Waals surface area (Å²) in [5.74, 6) is -0.0557. The molecule has 1 amide bonds. The van der Waals surface area contributed by atoms with Crippen LogP contribution in [0.5, 0.6) is 0 Å². The largest absolute Gasteiger partial charge is 0.398 e. The molecule has 0 saturated carbocycles. The predicted octanol–water partition coefficient (Wildman–Crippen LogP) is 1.18. The summed E-state index contributed by atoms with van der Waals surface area (Å²) in [5.41, 5.74) is 6.44. The highest BCUT2D eigenvalue weighted by Gasteiger charge is 2.29. The molecule has 6 nitrogen and oxygen atoms in total. The molecule has 0 aromatic carbocycles. The Kier molecular flexibility index (Phi) is 4.90. The number of nitrogens with one attached hydrogen (secondary N) is 1. The molecule has 1 aromatic rings. The number of amides is 1. The molecule has 0 bridgehead atoms. The molecule has 1 aliphatic heterocycles. The Morgan fingerprint density at radius 3 is 2.81 bits per heavy atom. The van der Waals surface area contributed by atoms with Gasteiger partial charge in [-0.05, 0) is 32.3 Å². The third kappa shape index (κ3) is 4.18. The van der Waals surface area contributed by atoms with Crippen molar-refractivity contribution in [3.05, 3.63) is 15.8 Å². The molecule has 2 heterocycles. The van der Waals surface area contributed by atoms with Crippen molar-refractivity contribution in [2.24, 2.45) is 0 Å². The molecule has 0 radical (unpaired) electrons. The van der Waals surface area contributed by atoms with Crippen LogP contribution in [0.2, 0.25) is 0 Å². The molecular formula is C13H21N3O3S2. The van der Waals surface area contributed by atoms with Crippen LogP contribution < -0.4 is 10.5 Å². The van der Waals surface area contributed by atoms with E-state index < -0.39 is 10.0 Å². The van der Waals surface area contributed by atoms with Gasteiger partial charge in [0.25, 0.3) is 5.91 Å². The summed E-state index contributed by atoms with van der Waals surface area (Å²) in [7, 11) is -3.25. The van der Waals surface area contributed by atoms with E-state index in [-0.39, 0.29) is 18.5 Å². The van der Waals surface area contributed by atoms with Gasteiger partial charge in [-0.3, -0.25) is 4.79 Å². The van der Waals surface area contributed by atoms with Crippen LogP contribution in [0.1, 0.15) is 33.8 Å². The highest BCUT2D eigenvalue weighted by atomic mass is 32.2. The summed E-state index contributed by atoms with van der Waals surface area (Å²) in [4.78, 5) is 15.9. The number of likely N-dealkylation sites (tertiary alicyclic amines) is 1. The van der Waals surface area contributed by atoms with Gasteiger partial charge in [-0.15, -0.1) is 11.3 Å². The Balaban J connectivity index is 2.12. The number of nitrogens with zero attached hydrogens (tertiary/aromatic N) is 1. The van der Waals surface area contributed by atoms with E-state index in [9.17, 15) is 13.2 Å². The molecule has 2 rings (SSSR count). The van der Waals surface area contributed by atoms with Crippen molar-refractivity contribution in [1.82, 2.24) is 9.62 Å². The summed E-state index contributed by atoms with van der Waals surface area (Å²) >= 11 is 1.39. The first kappa shape index (κ1) is 16.3. The monoisotopic (exact) mass is 331 g/mol. The van der Waals surface area contributed by atoms with Crippen molar-refractivity contribution in [3.63, 3.8) is 0 Å². The van der Waals surface area contributed by atoms with Crippen molar-refractivity contribution in [2.45, 2.75) is 32.2 Å². The molecule has 1 aromatic heterocycles. The fraction of sp³-hybridized carbons (Fsp3) is 0.615. The average Bonchev–Trinajstić information content (AvgIpc) is 2.75. The van der Waals surface area contributed by atoms with E-state index >= 15 is 0 Å². The van der Waals surface area contributed by atoms with Gasteiger partial charge in [0.1, 0.15) is 0 Å². The molecule has 0 aliphatic carbocycles. The van der Waals surface area contributed by atoms with Gasteiger partial charge in [-0.2, -0.15) is 0 Å². The molecule has 3 N–H and O–H groups in total. The summed E-state index contributed by atoms with van der Waals surface area (Å²) in [6, 6.07) is 1.61. The zero-order valence-corrected chi connectivity index (χ0v) is 13.9. The lowest BCUT2D eigenvalue weighted by atomic mass is 10.0. The molecule has 8 heteroatoms. The molecule has 1 atom stereocenters. The molecule has 1 unspecified atom stereocenters. The minimum Gasteiger partial charge on any atom is -0.398 e. The van der Waals surface area contributed by atoms with Crippen LogP contribution in [0.25, 0.3) is 0 Å². The quantitative estimate of drug-likeness (QED) is 0.866. The minimum atomic E-state index is -3.25. The number of hydrogen-bond acceptors (Lipinski definition) is 5. The maximum Gasteiger partial charge on any atom is 0.264 e. The summed E-state index contributed by atoms with van der Waals surface area (Å²) in [6.07, 6.45) is 3.89. The first-order chi connectivity index (χ1) is 9.78. The third-order valence-electron chi connectivity index (χ3n) is 3.64. The number of nitrogen functional groups attached to an aromatic ring is 1. The van der Waals surface area contributed by atoms with Crippen LogP contribution in [0, 0.1) is 6.92 Å². The number of nitrogens with two attached hydrogens (primary N) is 1. The van der Waals surface area contributed by atoms with E-state index in [0.29, 0.717) is 17.1 Å². The van der Waals surface area contributed by atoms with E-state index in [2.05, 4.69) is 4.72 Å². The van der Waals surface area contributed by atoms with E-state index in [1.807, 2.05) is 6.92 Å². The van der Waals surface area contributed by atoms with Crippen molar-refractivity contribution >= 4 is 33.0 Å². The molecule has 1 aliphatic rings. The zero-order valence-electron chi connectivity index (χ0n) is 12.3. The summed E-state index contributed by atoms with van der Waals surface area (Å²) < 4.78 is 25.0. The summed E-state index contributed by atoms with van der Waals surface area (Å²) in [6.45, 7) is 2.81. The molecule has 0 spiro atoms. The zero-order chi connectivity index (χ0) is 15.6. The van der Waals surface area contributed by atoms with Crippen LogP contribution in [0.15, 0.2) is 6.07 Å². The van der Waals surface area contributed by atoms with Crippen molar-refractivity contribution < 1.29 is 13.2 Å². The van der Waals surface area contributed by atoms with Crippen LogP contribution >= 0.6 is 11.3 Å². The Morgan fingerprint density at radius 1 is 1.52 bits per heavy atom. The van der Waals surface area contributed by atoms with Gasteiger partial charge in [0.15, 0.2) is 0 Å². The number of carbonyl (C=O) groups excluding carboxylic acids is 1. The van der Waals surface area contributed by atoms with Gasteiger partial charge in [-0.1, -0.05) is 0 Å². The number of aryl methyl sites for hydroxylation is 1. The lowest BCUT2D eigenvalue weighted by Crippen LogP contribution is -2.49.